The van der Waals surface area contributed by atoms with Gasteiger partial charge in [-0.2, -0.15) is 0 Å². The Morgan fingerprint density at radius 1 is 0.360 bits per heavy atom. The van der Waals surface area contributed by atoms with Crippen LogP contribution in [0, 0.1) is 10.1 Å². The first-order valence-electron chi connectivity index (χ1n) is 33.0. The predicted molar refractivity (Wildman–Crippen MR) is 316 cm³/mol. The minimum Gasteiger partial charge on any atom is -0.358 e. The highest BCUT2D eigenvalue weighted by Crippen LogP contribution is 2.39. The molecule has 0 N–H and O–H groups in total. The zero-order chi connectivity index (χ0) is 61.9. The summed E-state index contributed by atoms with van der Waals surface area (Å²) in [6.07, 6.45) is 10.3. The average Bonchev–Trinajstić information content (AvgIpc) is 1.75. The number of likely N-dealkylation sites (N-methyl/N-ethyl adjacent to an activating group) is 1. The molecule has 0 radical (unpaired) electrons. The number of rotatable bonds is 12. The fraction of sp³-hybridized carbons (Fsp3) is 0.738. The number of fused-ring (bicyclic) bond motifs is 1. The standard InChI is InChI=1S/C61H83N15O13/c1-64-34-36-65(37-35-64)52(77)40-12-3-25-67(40)54(79)42-14-5-27-69(42)56(81)44-16-7-29-71(44)58(83)46-18-9-31-73(46)60(85)48-20-11-33-75(48)61(86)49-21-10-32-74(49)59(84)47-19-8-30-72(47)57(82)45-17-6-28-70(45)55(80)43-15-4-26-68(43)53(78)41-13-2-24-66(41)38-22-23-39(76(87)88)51-50(38)62-89-63-51/h22-23,40-49H,2-21,24-37H2,1H3. The maximum atomic E-state index is 14.9. The molecule has 28 nitrogen and oxygen atoms in total. The average molecular weight is 1230 g/mol. The van der Waals surface area contributed by atoms with Crippen molar-refractivity contribution in [1.82, 2.24) is 64.2 Å². The van der Waals surface area contributed by atoms with E-state index in [1.54, 1.807) is 50.2 Å². The highest BCUT2D eigenvalue weighted by atomic mass is 16.6. The third kappa shape index (κ3) is 10.9. The van der Waals surface area contributed by atoms with E-state index >= 15 is 0 Å². The second-order valence-corrected chi connectivity index (χ2v) is 26.5. The van der Waals surface area contributed by atoms with Gasteiger partial charge in [0.1, 0.15) is 60.4 Å². The quantitative estimate of drug-likeness (QED) is 0.210. The summed E-state index contributed by atoms with van der Waals surface area (Å²) in [5.74, 6) is -2.75. The second-order valence-electron chi connectivity index (χ2n) is 26.5. The summed E-state index contributed by atoms with van der Waals surface area (Å²) in [6, 6.07) is -4.93. The number of nitrogens with zero attached hydrogens (tertiary/aromatic N) is 15. The van der Waals surface area contributed by atoms with Gasteiger partial charge in [0.15, 0.2) is 5.52 Å². The van der Waals surface area contributed by atoms with Crippen LogP contribution in [0.2, 0.25) is 0 Å². The van der Waals surface area contributed by atoms with Crippen molar-refractivity contribution in [2.75, 3.05) is 104 Å². The van der Waals surface area contributed by atoms with Crippen LogP contribution >= 0.6 is 0 Å². The Morgan fingerprint density at radius 3 is 0.921 bits per heavy atom. The fourth-order valence-corrected chi connectivity index (χ4v) is 17.1. The Labute approximate surface area is 516 Å². The third-order valence-corrected chi connectivity index (χ3v) is 21.6. The van der Waals surface area contributed by atoms with Gasteiger partial charge in [-0.3, -0.25) is 58.1 Å². The Hall–Kier alpha value is -7.52. The number of amides is 10. The van der Waals surface area contributed by atoms with Crippen molar-refractivity contribution in [2.24, 2.45) is 0 Å². The second kappa shape index (κ2) is 25.0. The van der Waals surface area contributed by atoms with Crippen LogP contribution in [0.3, 0.4) is 0 Å². The summed E-state index contributed by atoms with van der Waals surface area (Å²) in [5, 5.41) is 19.4. The van der Waals surface area contributed by atoms with E-state index in [0.29, 0.717) is 213 Å². The molecule has 0 saturated carbocycles. The number of likely N-dealkylation sites (tertiary alicyclic amines) is 9. The van der Waals surface area contributed by atoms with Crippen LogP contribution in [0.25, 0.3) is 11.0 Å². The largest absolute Gasteiger partial charge is 0.358 e. The van der Waals surface area contributed by atoms with Crippen LogP contribution in [0.4, 0.5) is 11.4 Å². The molecular formula is C61H83N15O13. The van der Waals surface area contributed by atoms with E-state index in [1.807, 2.05) is 16.8 Å². The molecule has 11 fully saturated rings. The van der Waals surface area contributed by atoms with Crippen LogP contribution in [0.15, 0.2) is 16.8 Å². The molecular weight excluding hydrogens is 1150 g/mol. The molecule has 2 aromatic rings. The summed E-state index contributed by atoms with van der Waals surface area (Å²) in [7, 11) is 2.03. The van der Waals surface area contributed by atoms with E-state index in [-0.39, 0.29) is 75.8 Å². The molecule has 480 valence electrons. The Bertz CT molecular complexity index is 3170. The van der Waals surface area contributed by atoms with Crippen LogP contribution in [0.5, 0.6) is 0 Å². The van der Waals surface area contributed by atoms with Gasteiger partial charge in [-0.15, -0.1) is 0 Å². The molecule has 89 heavy (non-hydrogen) atoms. The van der Waals surface area contributed by atoms with E-state index in [1.165, 1.54) is 6.07 Å². The maximum Gasteiger partial charge on any atom is 0.300 e. The number of anilines is 1. The van der Waals surface area contributed by atoms with Crippen molar-refractivity contribution in [3.8, 4) is 0 Å². The van der Waals surface area contributed by atoms with Crippen LogP contribution in [-0.2, 0) is 47.9 Å². The number of nitro benzene ring substituents is 1. The van der Waals surface area contributed by atoms with E-state index in [4.69, 9.17) is 4.63 Å². The molecule has 28 heteroatoms. The molecule has 1 aromatic carbocycles. The number of non-ortho nitro benzene ring substituents is 1. The molecule has 11 aliphatic rings. The first-order chi connectivity index (χ1) is 43.1. The summed E-state index contributed by atoms with van der Waals surface area (Å²) in [6.45, 7) is 6.25. The fourth-order valence-electron chi connectivity index (χ4n) is 17.1. The number of nitro groups is 1. The van der Waals surface area contributed by atoms with Crippen molar-refractivity contribution >= 4 is 81.5 Å². The third-order valence-electron chi connectivity index (χ3n) is 21.6. The van der Waals surface area contributed by atoms with E-state index in [9.17, 15) is 58.1 Å². The van der Waals surface area contributed by atoms with E-state index < -0.39 is 65.3 Å². The predicted octanol–water partition coefficient (Wildman–Crippen LogP) is 0.793. The zero-order valence-electron chi connectivity index (χ0n) is 51.0. The SMILES string of the molecule is CN1CCN(C(=O)C2CCCN2C(=O)C2CCCN2C(=O)C2CCCN2C(=O)C2CCCN2C(=O)C2CCCN2C(=O)C2CCCN2C(=O)C2CCCN2C(=O)C2CCCN2C(=O)C2CCCN2C(=O)C2CCCN2c2ccc([N+](=O)[O-])c3nonc23)CC1. The van der Waals surface area contributed by atoms with E-state index in [2.05, 4.69) is 15.2 Å². The molecule has 1 aromatic heterocycles. The lowest BCUT2D eigenvalue weighted by Gasteiger charge is -2.38. The number of aromatic nitrogens is 2. The highest BCUT2D eigenvalue weighted by molar-refractivity contribution is 6.01. The van der Waals surface area contributed by atoms with Crippen LogP contribution in [0.1, 0.15) is 128 Å². The highest BCUT2D eigenvalue weighted by Gasteiger charge is 2.53. The van der Waals surface area contributed by atoms with E-state index in [0.717, 1.165) is 13.1 Å². The lowest BCUT2D eigenvalue weighted by atomic mass is 10.1. The number of piperazine rings is 1. The molecule has 11 saturated heterocycles. The van der Waals surface area contributed by atoms with Gasteiger partial charge in [-0.1, -0.05) is 0 Å². The molecule has 12 heterocycles. The monoisotopic (exact) mass is 1230 g/mol. The molecule has 11 aliphatic heterocycles. The van der Waals surface area contributed by atoms with Gasteiger partial charge in [-0.05, 0) is 152 Å². The van der Waals surface area contributed by atoms with Crippen LogP contribution < -0.4 is 4.90 Å². The Kier molecular flexibility index (Phi) is 17.0. The first-order valence-corrected chi connectivity index (χ1v) is 33.0. The van der Waals surface area contributed by atoms with Gasteiger partial charge in [0, 0.05) is 97.7 Å². The maximum absolute atomic E-state index is 14.9. The van der Waals surface area contributed by atoms with Gasteiger partial charge in [0.2, 0.25) is 64.6 Å². The van der Waals surface area contributed by atoms with Gasteiger partial charge >= 0.3 is 5.69 Å². The molecule has 10 atom stereocenters. The molecule has 10 amide bonds. The Morgan fingerprint density at radius 2 is 0.618 bits per heavy atom. The number of carbonyl (C=O) groups excluding carboxylic acids is 10. The Balaban J connectivity index is 0.630. The van der Waals surface area contributed by atoms with Crippen molar-refractivity contribution in [1.29, 1.82) is 0 Å². The smallest absolute Gasteiger partial charge is 0.300 e. The number of hydrogen-bond donors (Lipinski definition) is 0. The zero-order valence-corrected chi connectivity index (χ0v) is 51.0. The lowest BCUT2D eigenvalue weighted by Crippen LogP contribution is -2.59. The number of carbonyl (C=O) groups is 10. The molecule has 0 spiro atoms. The van der Waals surface area contributed by atoms with Gasteiger partial charge in [-0.25, -0.2) is 4.63 Å². The lowest BCUT2D eigenvalue weighted by molar-refractivity contribution is -0.383. The number of benzene rings is 1. The van der Waals surface area contributed by atoms with Gasteiger partial charge in [0.25, 0.3) is 0 Å². The minimum atomic E-state index is -0.860. The van der Waals surface area contributed by atoms with Gasteiger partial charge in [0.05, 0.1) is 10.6 Å². The molecule has 0 bridgehead atoms. The summed E-state index contributed by atoms with van der Waals surface area (Å²) in [4.78, 5) is 178. The molecule has 10 unspecified atom stereocenters. The molecule has 0 aliphatic carbocycles. The van der Waals surface area contributed by atoms with Crippen molar-refractivity contribution in [3.63, 3.8) is 0 Å². The van der Waals surface area contributed by atoms with Crippen molar-refractivity contribution in [3.05, 3.63) is 22.2 Å². The van der Waals surface area contributed by atoms with Crippen molar-refractivity contribution < 1.29 is 57.5 Å². The van der Waals surface area contributed by atoms with Crippen LogP contribution in [-0.4, -0.2) is 287 Å². The summed E-state index contributed by atoms with van der Waals surface area (Å²) < 4.78 is 4.91. The van der Waals surface area contributed by atoms with Gasteiger partial charge < -0.3 is 58.8 Å². The minimum absolute atomic E-state index is 0.0224. The topological polar surface area (TPSA) is 292 Å². The first kappa shape index (κ1) is 60.4. The summed E-state index contributed by atoms with van der Waals surface area (Å²) >= 11 is 0. The number of hydrogen-bond acceptors (Lipinski definition) is 17. The molecule has 13 rings (SSSR count). The summed E-state index contributed by atoms with van der Waals surface area (Å²) in [5.41, 5.74) is 0.354. The van der Waals surface area contributed by atoms with Crippen molar-refractivity contribution in [2.45, 2.75) is 189 Å². The normalized spacial score (nSPS) is 30.1.